The number of aliphatic hydroxyl groups is 1. The molecule has 1 saturated heterocycles. The van der Waals surface area contributed by atoms with Crippen LogP contribution < -0.4 is 4.74 Å². The van der Waals surface area contributed by atoms with Gasteiger partial charge in [0.2, 0.25) is 0 Å². The van der Waals surface area contributed by atoms with Gasteiger partial charge in [0.25, 0.3) is 0 Å². The van der Waals surface area contributed by atoms with Gasteiger partial charge in [-0.25, -0.2) is 4.39 Å². The van der Waals surface area contributed by atoms with Gasteiger partial charge in [-0.05, 0) is 86.0 Å². The number of rotatable bonds is 9. The Kier molecular flexibility index (Phi) is 9.10. The number of aliphatic hydroxyl groups excluding tert-OH is 1. The first-order chi connectivity index (χ1) is 17.9. The largest absolute Gasteiger partial charge is 0.497 e. The maximum Gasteiger partial charge on any atom is 0.303 e. The Bertz CT molecular complexity index is 1290. The van der Waals surface area contributed by atoms with Gasteiger partial charge in [-0.3, -0.25) is 14.7 Å². The van der Waals surface area contributed by atoms with Crippen LogP contribution in [0, 0.1) is 29.5 Å². The number of fused-ring (bicyclic) bond motifs is 1. The van der Waals surface area contributed by atoms with Gasteiger partial charge in [-0.15, -0.1) is 0 Å². The molecule has 4 rings (SSSR count). The van der Waals surface area contributed by atoms with E-state index in [0.717, 1.165) is 42.4 Å². The normalized spacial score (nSPS) is 18.7. The highest BCUT2D eigenvalue weighted by atomic mass is 19.1. The van der Waals surface area contributed by atoms with E-state index in [0.29, 0.717) is 36.6 Å². The summed E-state index contributed by atoms with van der Waals surface area (Å²) in [6, 6.07) is 14.0. The van der Waals surface area contributed by atoms with Crippen molar-refractivity contribution >= 4 is 16.9 Å². The molecule has 3 atom stereocenters. The Morgan fingerprint density at radius 2 is 2.05 bits per heavy atom. The molecule has 2 N–H and O–H groups in total. The average Bonchev–Trinajstić information content (AvgIpc) is 2.91. The van der Waals surface area contributed by atoms with E-state index in [9.17, 15) is 19.4 Å². The summed E-state index contributed by atoms with van der Waals surface area (Å²) < 4.78 is 19.2. The minimum Gasteiger partial charge on any atom is -0.497 e. The first-order valence-corrected chi connectivity index (χ1v) is 12.7. The van der Waals surface area contributed by atoms with Crippen molar-refractivity contribution in [2.24, 2.45) is 11.8 Å². The molecule has 2 aromatic carbocycles. The molecule has 1 aliphatic rings. The topological polar surface area (TPSA) is 82.9 Å². The number of carbonyl (C=O) groups is 1. The zero-order chi connectivity index (χ0) is 26.2. The molecule has 6 nitrogen and oxygen atoms in total. The van der Waals surface area contributed by atoms with Gasteiger partial charge in [0.05, 0.1) is 30.8 Å². The van der Waals surface area contributed by atoms with Crippen LogP contribution in [-0.4, -0.2) is 52.8 Å². The Labute approximate surface area is 217 Å². The number of pyridine rings is 1. The predicted octanol–water partition coefficient (Wildman–Crippen LogP) is 5.05. The lowest BCUT2D eigenvalue weighted by Crippen LogP contribution is -2.41. The molecule has 0 amide bonds. The first-order valence-electron chi connectivity index (χ1n) is 12.7. The van der Waals surface area contributed by atoms with Crippen molar-refractivity contribution in [3.8, 4) is 17.6 Å². The van der Waals surface area contributed by atoms with Gasteiger partial charge in [0.15, 0.2) is 0 Å². The molecule has 1 fully saturated rings. The van der Waals surface area contributed by atoms with Gasteiger partial charge in [-0.1, -0.05) is 24.0 Å². The summed E-state index contributed by atoms with van der Waals surface area (Å²) >= 11 is 0. The van der Waals surface area contributed by atoms with Crippen LogP contribution in [0.4, 0.5) is 4.39 Å². The van der Waals surface area contributed by atoms with Crippen LogP contribution in [0.5, 0.6) is 5.75 Å². The van der Waals surface area contributed by atoms with Gasteiger partial charge < -0.3 is 14.9 Å². The number of hydrogen-bond donors (Lipinski definition) is 2. The molecule has 37 heavy (non-hydrogen) atoms. The summed E-state index contributed by atoms with van der Waals surface area (Å²) in [5, 5.41) is 21.2. The summed E-state index contributed by atoms with van der Waals surface area (Å²) in [5.41, 5.74) is 2.02. The molecule has 1 aromatic heterocycles. The number of methoxy groups -OCH3 is 1. The highest BCUT2D eigenvalue weighted by molar-refractivity contribution is 5.83. The van der Waals surface area contributed by atoms with Gasteiger partial charge >= 0.3 is 5.97 Å². The van der Waals surface area contributed by atoms with Crippen molar-refractivity contribution in [3.63, 3.8) is 0 Å². The molecule has 0 radical (unpaired) electrons. The molecule has 1 aliphatic heterocycles. The zero-order valence-corrected chi connectivity index (χ0v) is 21.1. The van der Waals surface area contributed by atoms with Crippen molar-refractivity contribution in [2.45, 2.75) is 38.2 Å². The van der Waals surface area contributed by atoms with E-state index in [-0.39, 0.29) is 18.2 Å². The number of carboxylic acids is 1. The average molecular weight is 505 g/mol. The van der Waals surface area contributed by atoms with E-state index < -0.39 is 12.1 Å². The quantitative estimate of drug-likeness (QED) is 0.397. The van der Waals surface area contributed by atoms with Crippen molar-refractivity contribution < 1.29 is 24.1 Å². The SMILES string of the molecule is COc1ccc2nccc([C@@H](O)CCC3CCN(CC#Cc4ccccc4F)CC3CCC(=O)O)c2c1. The zero-order valence-electron chi connectivity index (χ0n) is 21.1. The summed E-state index contributed by atoms with van der Waals surface area (Å²) in [5.74, 6) is 6.08. The second-order valence-electron chi connectivity index (χ2n) is 9.63. The molecular formula is C30H33FN2O4. The first kappa shape index (κ1) is 26.6. The number of likely N-dealkylation sites (tertiary alicyclic amines) is 1. The number of benzene rings is 2. The number of aliphatic carboxylic acids is 1. The highest BCUT2D eigenvalue weighted by Gasteiger charge is 2.30. The summed E-state index contributed by atoms with van der Waals surface area (Å²) in [4.78, 5) is 17.9. The molecular weight excluding hydrogens is 471 g/mol. The van der Waals surface area contributed by atoms with Gasteiger partial charge in [-0.2, -0.15) is 0 Å². The highest BCUT2D eigenvalue weighted by Crippen LogP contribution is 2.35. The number of carboxylic acid groups (broad SMARTS) is 1. The van der Waals surface area contributed by atoms with E-state index in [4.69, 9.17) is 4.74 Å². The van der Waals surface area contributed by atoms with Gasteiger partial charge in [0, 0.05) is 24.5 Å². The Morgan fingerprint density at radius 1 is 1.22 bits per heavy atom. The van der Waals surface area contributed by atoms with Crippen LogP contribution in [0.25, 0.3) is 10.9 Å². The number of halogens is 1. The van der Waals surface area contributed by atoms with Crippen molar-refractivity contribution in [1.82, 2.24) is 9.88 Å². The third-order valence-corrected chi connectivity index (χ3v) is 7.26. The van der Waals surface area contributed by atoms with E-state index >= 15 is 0 Å². The molecule has 194 valence electrons. The van der Waals surface area contributed by atoms with E-state index in [1.165, 1.54) is 6.07 Å². The Balaban J connectivity index is 1.40. The third-order valence-electron chi connectivity index (χ3n) is 7.26. The fourth-order valence-corrected chi connectivity index (χ4v) is 5.22. The fourth-order valence-electron chi connectivity index (χ4n) is 5.22. The molecule has 7 heteroatoms. The summed E-state index contributed by atoms with van der Waals surface area (Å²) in [6.45, 7) is 2.10. The monoisotopic (exact) mass is 504 g/mol. The second kappa shape index (κ2) is 12.7. The molecule has 0 spiro atoms. The van der Waals surface area contributed by atoms with E-state index in [1.807, 2.05) is 24.3 Å². The number of piperidine rings is 1. The molecule has 2 heterocycles. The van der Waals surface area contributed by atoms with E-state index in [2.05, 4.69) is 21.7 Å². The molecule has 0 aliphatic carbocycles. The molecule has 2 unspecified atom stereocenters. The summed E-state index contributed by atoms with van der Waals surface area (Å²) in [6.07, 6.45) is 4.05. The predicted molar refractivity (Wildman–Crippen MR) is 141 cm³/mol. The lowest BCUT2D eigenvalue weighted by Gasteiger charge is -2.38. The van der Waals surface area contributed by atoms with Crippen molar-refractivity contribution in [2.75, 3.05) is 26.7 Å². The fraction of sp³-hybridized carbons (Fsp3) is 0.400. The smallest absolute Gasteiger partial charge is 0.303 e. The van der Waals surface area contributed by atoms with Crippen LogP contribution in [0.2, 0.25) is 0 Å². The van der Waals surface area contributed by atoms with Crippen LogP contribution >= 0.6 is 0 Å². The van der Waals surface area contributed by atoms with Crippen molar-refractivity contribution in [3.05, 3.63) is 71.7 Å². The molecule has 0 bridgehead atoms. The van der Waals surface area contributed by atoms with E-state index in [1.54, 1.807) is 31.5 Å². The minimum absolute atomic E-state index is 0.118. The Morgan fingerprint density at radius 3 is 2.84 bits per heavy atom. The maximum atomic E-state index is 13.8. The summed E-state index contributed by atoms with van der Waals surface area (Å²) in [7, 11) is 1.61. The van der Waals surface area contributed by atoms with Crippen LogP contribution in [0.3, 0.4) is 0 Å². The lowest BCUT2D eigenvalue weighted by molar-refractivity contribution is -0.137. The van der Waals surface area contributed by atoms with Crippen LogP contribution in [-0.2, 0) is 4.79 Å². The standard InChI is InChI=1S/C30H33FN2O4/c1-37-24-10-11-28-26(19-24)25(14-16-32-28)29(34)12-8-21-15-18-33(20-23(21)9-13-30(35)36)17-4-6-22-5-2-3-7-27(22)31/h2-3,5,7,10-11,14,16,19,21,23,29,34H,8-9,12-13,15,17-18,20H2,1H3,(H,35,36)/t21?,23?,29-/m0/s1. The third kappa shape index (κ3) is 7.06. The van der Waals surface area contributed by atoms with Gasteiger partial charge in [0.1, 0.15) is 11.6 Å². The second-order valence-corrected chi connectivity index (χ2v) is 9.63. The Hall–Kier alpha value is -3.47. The molecule has 3 aromatic rings. The number of hydrogen-bond acceptors (Lipinski definition) is 5. The minimum atomic E-state index is -0.799. The lowest BCUT2D eigenvalue weighted by atomic mass is 9.79. The number of aromatic nitrogens is 1. The number of nitrogens with zero attached hydrogens (tertiary/aromatic N) is 2. The van der Waals surface area contributed by atoms with Crippen LogP contribution in [0.15, 0.2) is 54.7 Å². The molecule has 0 saturated carbocycles. The van der Waals surface area contributed by atoms with Crippen molar-refractivity contribution in [1.29, 1.82) is 0 Å². The maximum absolute atomic E-state index is 13.8. The number of ether oxygens (including phenoxy) is 1. The van der Waals surface area contributed by atoms with Crippen LogP contribution in [0.1, 0.15) is 49.3 Å².